The zero-order valence-corrected chi connectivity index (χ0v) is 18.9. The van der Waals surface area contributed by atoms with Crippen molar-refractivity contribution in [1.82, 2.24) is 19.7 Å². The van der Waals surface area contributed by atoms with Crippen LogP contribution in [0, 0.1) is 0 Å². The Hall–Kier alpha value is -2.63. The van der Waals surface area contributed by atoms with Crippen molar-refractivity contribution in [2.24, 2.45) is 4.99 Å². The first kappa shape index (κ1) is 24.6. The fourth-order valence-corrected chi connectivity index (χ4v) is 3.26. The number of halogens is 1. The molecule has 0 amide bonds. The molecule has 0 aliphatic carbocycles. The number of hydrogen-bond donors (Lipinski definition) is 1. The van der Waals surface area contributed by atoms with Crippen LogP contribution < -0.4 is 0 Å². The molecule has 0 saturated heterocycles. The highest BCUT2D eigenvalue weighted by molar-refractivity contribution is 7.85. The standard InChI is InChI=1S/C19H18ClN5.CH4O3S.H2O/c1-24(2)12-18-23-22-17-11-21-19(13-6-4-3-5-7-13)15-10-14(20)8-9-16(15)25(17)18;1-5(2,3)4;/h3-10H,11-12H2,1-2H3;1H3,(H,2,3,4);1H2. The zero-order valence-electron chi connectivity index (χ0n) is 17.3. The van der Waals surface area contributed by atoms with Crippen molar-refractivity contribution in [3.63, 3.8) is 0 Å². The topological polar surface area (TPSA) is 132 Å². The number of nitrogens with zero attached hydrogens (tertiary/aromatic N) is 5. The van der Waals surface area contributed by atoms with Gasteiger partial charge >= 0.3 is 0 Å². The molecule has 0 atom stereocenters. The van der Waals surface area contributed by atoms with Crippen LogP contribution in [0.15, 0.2) is 53.5 Å². The summed E-state index contributed by atoms with van der Waals surface area (Å²) >= 11 is 6.30. The molecule has 1 aliphatic heterocycles. The Kier molecular flexibility index (Phi) is 8.04. The van der Waals surface area contributed by atoms with Crippen LogP contribution in [0.3, 0.4) is 0 Å². The normalized spacial score (nSPS) is 12.5. The molecule has 4 rings (SSSR count). The first-order valence-corrected chi connectivity index (χ1v) is 11.3. The average Bonchev–Trinajstić information content (AvgIpc) is 2.95. The summed E-state index contributed by atoms with van der Waals surface area (Å²) < 4.78 is 28.0. The SMILES string of the molecule is CN(C)Cc1nnc2n1-c1ccc(Cl)cc1C(c1ccccc1)=NC2.CS(=O)(=O)O.O. The second-order valence-electron chi connectivity index (χ2n) is 7.03. The third kappa shape index (κ3) is 6.42. The molecule has 0 fully saturated rings. The molecule has 11 heteroatoms. The molecule has 31 heavy (non-hydrogen) atoms. The minimum atomic E-state index is -3.67. The van der Waals surface area contributed by atoms with Crippen LogP contribution in [0.2, 0.25) is 5.02 Å². The summed E-state index contributed by atoms with van der Waals surface area (Å²) in [7, 11) is 0.375. The predicted octanol–water partition coefficient (Wildman–Crippen LogP) is 2.01. The minimum Gasteiger partial charge on any atom is -0.412 e. The van der Waals surface area contributed by atoms with Gasteiger partial charge in [-0.1, -0.05) is 41.9 Å². The molecule has 0 unspecified atom stereocenters. The molecule has 1 aromatic heterocycles. The van der Waals surface area contributed by atoms with Gasteiger partial charge in [-0.25, -0.2) is 0 Å². The average molecular weight is 466 g/mol. The fourth-order valence-electron chi connectivity index (χ4n) is 3.09. The summed E-state index contributed by atoms with van der Waals surface area (Å²) in [5, 5.41) is 9.42. The second kappa shape index (κ2) is 10.1. The van der Waals surface area contributed by atoms with Crippen LogP contribution in [-0.2, 0) is 23.2 Å². The van der Waals surface area contributed by atoms with E-state index in [4.69, 9.17) is 21.1 Å². The van der Waals surface area contributed by atoms with Crippen molar-refractivity contribution in [3.05, 3.63) is 76.3 Å². The molecule has 0 spiro atoms. The van der Waals surface area contributed by atoms with Crippen molar-refractivity contribution < 1.29 is 18.4 Å². The van der Waals surface area contributed by atoms with Crippen LogP contribution in [0.25, 0.3) is 5.69 Å². The van der Waals surface area contributed by atoms with Gasteiger partial charge in [0.15, 0.2) is 11.6 Å². The summed E-state index contributed by atoms with van der Waals surface area (Å²) in [6.07, 6.45) is 0.715. The Morgan fingerprint density at radius 1 is 1.13 bits per heavy atom. The quantitative estimate of drug-likeness (QED) is 0.588. The summed E-state index contributed by atoms with van der Waals surface area (Å²) in [6, 6.07) is 16.1. The van der Waals surface area contributed by atoms with E-state index in [1.807, 2.05) is 50.5 Å². The molecular formula is C20H24ClN5O4S. The molecule has 2 heterocycles. The highest BCUT2D eigenvalue weighted by Gasteiger charge is 2.23. The van der Waals surface area contributed by atoms with E-state index in [-0.39, 0.29) is 5.48 Å². The van der Waals surface area contributed by atoms with E-state index in [2.05, 4.69) is 31.8 Å². The van der Waals surface area contributed by atoms with Gasteiger partial charge in [0, 0.05) is 16.1 Å². The van der Waals surface area contributed by atoms with E-state index >= 15 is 0 Å². The number of fused-ring (bicyclic) bond motifs is 3. The van der Waals surface area contributed by atoms with Crippen LogP contribution in [-0.4, -0.2) is 64.2 Å². The lowest BCUT2D eigenvalue weighted by Crippen LogP contribution is -2.16. The number of rotatable bonds is 3. The van der Waals surface area contributed by atoms with Gasteiger partial charge in [-0.3, -0.25) is 14.1 Å². The van der Waals surface area contributed by atoms with Crippen molar-refractivity contribution in [1.29, 1.82) is 0 Å². The highest BCUT2D eigenvalue weighted by Crippen LogP contribution is 2.28. The van der Waals surface area contributed by atoms with E-state index in [1.165, 1.54) is 0 Å². The van der Waals surface area contributed by atoms with Crippen molar-refractivity contribution in [2.75, 3.05) is 20.4 Å². The number of aliphatic imine (C=N–C) groups is 1. The van der Waals surface area contributed by atoms with E-state index in [0.717, 1.165) is 34.2 Å². The van der Waals surface area contributed by atoms with Gasteiger partial charge in [-0.05, 0) is 32.3 Å². The van der Waals surface area contributed by atoms with Gasteiger partial charge in [-0.2, -0.15) is 8.42 Å². The van der Waals surface area contributed by atoms with Crippen LogP contribution in [0.5, 0.6) is 0 Å². The van der Waals surface area contributed by atoms with E-state index < -0.39 is 10.1 Å². The smallest absolute Gasteiger partial charge is 0.261 e. The number of benzene rings is 2. The third-order valence-electron chi connectivity index (χ3n) is 4.14. The van der Waals surface area contributed by atoms with E-state index in [9.17, 15) is 8.42 Å². The van der Waals surface area contributed by atoms with Crippen LogP contribution in [0.4, 0.5) is 0 Å². The lowest BCUT2D eigenvalue weighted by molar-refractivity contribution is 0.387. The Morgan fingerprint density at radius 3 is 2.39 bits per heavy atom. The minimum absolute atomic E-state index is 0. The Bertz CT molecular complexity index is 1170. The highest BCUT2D eigenvalue weighted by atomic mass is 35.5. The molecule has 9 nitrogen and oxygen atoms in total. The molecule has 1 aliphatic rings. The monoisotopic (exact) mass is 465 g/mol. The number of aromatic nitrogens is 3. The molecule has 0 saturated carbocycles. The Labute approximate surface area is 186 Å². The Balaban J connectivity index is 0.000000514. The number of hydrogen-bond acceptors (Lipinski definition) is 6. The summed E-state index contributed by atoms with van der Waals surface area (Å²) in [4.78, 5) is 6.91. The van der Waals surface area contributed by atoms with E-state index in [0.29, 0.717) is 24.4 Å². The Morgan fingerprint density at radius 2 is 1.77 bits per heavy atom. The van der Waals surface area contributed by atoms with Gasteiger partial charge in [-0.15, -0.1) is 10.2 Å². The molecule has 0 bridgehead atoms. The zero-order chi connectivity index (χ0) is 21.9. The van der Waals surface area contributed by atoms with Crippen molar-refractivity contribution >= 4 is 27.4 Å². The maximum atomic E-state index is 9.19. The maximum absolute atomic E-state index is 9.19. The van der Waals surface area contributed by atoms with E-state index in [1.54, 1.807) is 0 Å². The van der Waals surface area contributed by atoms with Crippen LogP contribution >= 0.6 is 11.6 Å². The van der Waals surface area contributed by atoms with Crippen molar-refractivity contribution in [2.45, 2.75) is 13.1 Å². The second-order valence-corrected chi connectivity index (χ2v) is 8.93. The first-order chi connectivity index (χ1) is 14.1. The maximum Gasteiger partial charge on any atom is 0.261 e. The summed E-state index contributed by atoms with van der Waals surface area (Å²) in [5.74, 6) is 1.74. The predicted molar refractivity (Wildman–Crippen MR) is 121 cm³/mol. The molecule has 3 aromatic rings. The van der Waals surface area contributed by atoms with Crippen molar-refractivity contribution in [3.8, 4) is 5.69 Å². The van der Waals surface area contributed by atoms with Gasteiger partial charge in [0.1, 0.15) is 6.54 Å². The van der Waals surface area contributed by atoms with Crippen LogP contribution in [0.1, 0.15) is 22.8 Å². The van der Waals surface area contributed by atoms with Gasteiger partial charge in [0.2, 0.25) is 0 Å². The molecule has 0 radical (unpaired) electrons. The third-order valence-corrected chi connectivity index (χ3v) is 4.37. The largest absolute Gasteiger partial charge is 0.412 e. The summed E-state index contributed by atoms with van der Waals surface area (Å²) in [6.45, 7) is 1.19. The van der Waals surface area contributed by atoms with Gasteiger partial charge in [0.25, 0.3) is 10.1 Å². The molecule has 3 N–H and O–H groups in total. The fraction of sp³-hybridized carbons (Fsp3) is 0.250. The van der Waals surface area contributed by atoms with Gasteiger partial charge in [0.05, 0.1) is 24.2 Å². The first-order valence-electron chi connectivity index (χ1n) is 9.04. The molecule has 166 valence electrons. The lowest BCUT2D eigenvalue weighted by Gasteiger charge is -2.15. The molecular weight excluding hydrogens is 442 g/mol. The molecule has 2 aromatic carbocycles. The lowest BCUT2D eigenvalue weighted by atomic mass is 10.0. The van der Waals surface area contributed by atoms with Gasteiger partial charge < -0.3 is 10.4 Å². The summed E-state index contributed by atoms with van der Waals surface area (Å²) in [5.41, 5.74) is 4.01.